The van der Waals surface area contributed by atoms with Crippen LogP contribution in [0.5, 0.6) is 0 Å². The highest BCUT2D eigenvalue weighted by Crippen LogP contribution is 2.31. The second kappa shape index (κ2) is 10.7. The largest absolute Gasteiger partial charge is 0.416 e. The van der Waals surface area contributed by atoms with Crippen LogP contribution in [0.2, 0.25) is 0 Å². The predicted octanol–water partition coefficient (Wildman–Crippen LogP) is 7.28. The zero-order valence-electron chi connectivity index (χ0n) is 21.7. The van der Waals surface area contributed by atoms with E-state index in [4.69, 9.17) is 0 Å². The lowest BCUT2D eigenvalue weighted by Gasteiger charge is -2.13. The highest BCUT2D eigenvalue weighted by atomic mass is 19.4. The van der Waals surface area contributed by atoms with Crippen molar-refractivity contribution >= 4 is 45.9 Å². The smallest absolute Gasteiger partial charge is 0.340 e. The van der Waals surface area contributed by atoms with Gasteiger partial charge < -0.3 is 16.0 Å². The summed E-state index contributed by atoms with van der Waals surface area (Å²) in [4.78, 5) is 34.4. The second-order valence-electron chi connectivity index (χ2n) is 9.28. The minimum absolute atomic E-state index is 0.179. The topological polar surface area (TPSA) is 101 Å². The molecule has 5 aromatic rings. The quantitative estimate of drug-likeness (QED) is 0.196. The van der Waals surface area contributed by atoms with Crippen LogP contribution in [0, 0.1) is 19.7 Å². The number of nitrogens with one attached hydrogen (secondary N) is 3. The summed E-state index contributed by atoms with van der Waals surface area (Å²) < 4.78 is 54.2. The molecule has 0 aliphatic rings. The molecule has 5 rings (SSSR count). The number of benzene rings is 3. The summed E-state index contributed by atoms with van der Waals surface area (Å²) in [5.41, 5.74) is 1.61. The Labute approximate surface area is 231 Å². The third-order valence-electron chi connectivity index (χ3n) is 6.21. The fourth-order valence-electron chi connectivity index (χ4n) is 4.17. The monoisotopic (exact) mass is 562 g/mol. The van der Waals surface area contributed by atoms with Crippen molar-refractivity contribution in [1.29, 1.82) is 0 Å². The Morgan fingerprint density at radius 3 is 2.44 bits per heavy atom. The van der Waals surface area contributed by atoms with Crippen LogP contribution in [0.4, 0.5) is 45.2 Å². The van der Waals surface area contributed by atoms with Crippen molar-refractivity contribution in [3.05, 3.63) is 107 Å². The first-order chi connectivity index (χ1) is 19.5. The number of aryl methyl sites for hydroxylation is 2. The van der Waals surface area contributed by atoms with Crippen molar-refractivity contribution in [2.75, 3.05) is 16.0 Å². The van der Waals surface area contributed by atoms with Crippen molar-refractivity contribution in [2.45, 2.75) is 20.0 Å². The van der Waals surface area contributed by atoms with E-state index in [0.29, 0.717) is 46.3 Å². The van der Waals surface area contributed by atoms with Crippen LogP contribution in [0.15, 0.2) is 79.3 Å². The van der Waals surface area contributed by atoms with Crippen LogP contribution in [-0.2, 0) is 6.18 Å². The Morgan fingerprint density at radius 2 is 1.68 bits per heavy atom. The molecule has 0 atom stereocenters. The molecule has 3 aromatic carbocycles. The third kappa shape index (κ3) is 6.01. The lowest BCUT2D eigenvalue weighted by atomic mass is 10.1. The van der Waals surface area contributed by atoms with E-state index in [1.54, 1.807) is 25.3 Å². The Kier molecular flexibility index (Phi) is 7.14. The number of anilines is 4. The zero-order chi connectivity index (χ0) is 29.3. The van der Waals surface area contributed by atoms with Crippen LogP contribution in [0.3, 0.4) is 0 Å². The first kappa shape index (κ1) is 27.3. The number of rotatable bonds is 5. The number of amides is 2. The predicted molar refractivity (Wildman–Crippen MR) is 147 cm³/mol. The van der Waals surface area contributed by atoms with Crippen LogP contribution in [0.25, 0.3) is 11.0 Å². The molecular formula is C29H22F4N6O2. The summed E-state index contributed by atoms with van der Waals surface area (Å²) >= 11 is 0. The maximum Gasteiger partial charge on any atom is 0.416 e. The van der Waals surface area contributed by atoms with Gasteiger partial charge in [-0.25, -0.2) is 19.2 Å². The Balaban J connectivity index is 1.36. The van der Waals surface area contributed by atoms with E-state index in [1.807, 2.05) is 31.2 Å². The lowest BCUT2D eigenvalue weighted by Crippen LogP contribution is -2.20. The molecule has 12 heteroatoms. The molecule has 0 fully saturated rings. The molecule has 2 aromatic heterocycles. The molecular weight excluding hydrogens is 540 g/mol. The molecule has 0 aliphatic heterocycles. The van der Waals surface area contributed by atoms with Gasteiger partial charge in [-0.05, 0) is 73.5 Å². The average molecular weight is 563 g/mol. The maximum atomic E-state index is 13.8. The van der Waals surface area contributed by atoms with Gasteiger partial charge >= 0.3 is 12.2 Å². The molecule has 0 saturated carbocycles. The Bertz CT molecular complexity index is 1800. The van der Waals surface area contributed by atoms with Crippen molar-refractivity contribution in [1.82, 2.24) is 14.5 Å². The summed E-state index contributed by atoms with van der Waals surface area (Å²) in [6, 6.07) is 15.0. The van der Waals surface area contributed by atoms with E-state index in [9.17, 15) is 27.2 Å². The number of hydrogen-bond donors (Lipinski definition) is 3. The number of fused-ring (bicyclic) bond motifs is 1. The van der Waals surface area contributed by atoms with Gasteiger partial charge in [0.05, 0.1) is 10.9 Å². The van der Waals surface area contributed by atoms with Gasteiger partial charge in [0.15, 0.2) is 5.65 Å². The molecule has 2 heterocycles. The Hall–Kier alpha value is -5.26. The van der Waals surface area contributed by atoms with Gasteiger partial charge in [-0.3, -0.25) is 9.36 Å². The number of hydrogen-bond acceptors (Lipinski definition) is 5. The molecule has 0 unspecified atom stereocenters. The minimum Gasteiger partial charge on any atom is -0.340 e. The number of nitrogens with zero attached hydrogens (tertiary/aromatic N) is 3. The van der Waals surface area contributed by atoms with Crippen LogP contribution in [0.1, 0.15) is 27.0 Å². The fourth-order valence-corrected chi connectivity index (χ4v) is 4.17. The third-order valence-corrected chi connectivity index (χ3v) is 6.21. The summed E-state index contributed by atoms with van der Waals surface area (Å²) in [5.74, 6) is -1.63. The summed E-state index contributed by atoms with van der Waals surface area (Å²) in [5, 5.41) is 9.04. The zero-order valence-corrected chi connectivity index (χ0v) is 21.7. The molecule has 0 aliphatic carbocycles. The molecule has 0 saturated heterocycles. The van der Waals surface area contributed by atoms with E-state index in [2.05, 4.69) is 25.9 Å². The standard InChI is InChI=1S/C29H22F4N6O2/c1-16-4-3-5-21(10-16)36-25-23-8-9-39(26(23)35-15-34-25)28(41)38-24-14-22(7-6-17(24)2)37-27(40)18-11-19(29(31,32)33)13-20(30)12-18/h3-15H,1-2H3,(H,37,40)(H,38,41)(H,34,35,36). The number of aromatic nitrogens is 3. The van der Waals surface area contributed by atoms with Crippen molar-refractivity contribution in [2.24, 2.45) is 0 Å². The highest BCUT2D eigenvalue weighted by Gasteiger charge is 2.32. The van der Waals surface area contributed by atoms with E-state index in [0.717, 1.165) is 11.3 Å². The number of halogens is 4. The molecule has 41 heavy (non-hydrogen) atoms. The SMILES string of the molecule is Cc1cccc(Nc2ncnc3c2ccn3C(=O)Nc2cc(NC(=O)c3cc(F)cc(C(F)(F)F)c3)ccc2C)c1. The van der Waals surface area contributed by atoms with Gasteiger partial charge in [-0.1, -0.05) is 18.2 Å². The van der Waals surface area contributed by atoms with Gasteiger partial charge in [0.25, 0.3) is 5.91 Å². The normalized spacial score (nSPS) is 11.4. The van der Waals surface area contributed by atoms with Crippen molar-refractivity contribution in [3.63, 3.8) is 0 Å². The van der Waals surface area contributed by atoms with Crippen molar-refractivity contribution in [3.8, 4) is 0 Å². The van der Waals surface area contributed by atoms with Crippen LogP contribution < -0.4 is 16.0 Å². The number of carbonyl (C=O) groups excluding carboxylic acids is 2. The van der Waals surface area contributed by atoms with Crippen LogP contribution >= 0.6 is 0 Å². The number of alkyl halides is 3. The van der Waals surface area contributed by atoms with E-state index >= 15 is 0 Å². The summed E-state index contributed by atoms with van der Waals surface area (Å²) in [6.07, 6.45) is -1.94. The maximum absolute atomic E-state index is 13.8. The van der Waals surface area contributed by atoms with Gasteiger partial charge in [0, 0.05) is 28.8 Å². The first-order valence-electron chi connectivity index (χ1n) is 12.2. The second-order valence-corrected chi connectivity index (χ2v) is 9.28. The molecule has 0 bridgehead atoms. The van der Waals surface area contributed by atoms with Gasteiger partial charge in [0.1, 0.15) is 18.0 Å². The number of carbonyl (C=O) groups is 2. The molecule has 208 valence electrons. The lowest BCUT2D eigenvalue weighted by molar-refractivity contribution is -0.137. The first-order valence-corrected chi connectivity index (χ1v) is 12.2. The van der Waals surface area contributed by atoms with Gasteiger partial charge in [-0.15, -0.1) is 0 Å². The molecule has 0 radical (unpaired) electrons. The van der Waals surface area contributed by atoms with E-state index in [1.165, 1.54) is 23.0 Å². The van der Waals surface area contributed by atoms with Crippen LogP contribution in [-0.4, -0.2) is 26.5 Å². The Morgan fingerprint density at radius 1 is 0.878 bits per heavy atom. The minimum atomic E-state index is -4.82. The van der Waals surface area contributed by atoms with E-state index in [-0.39, 0.29) is 5.69 Å². The molecule has 3 N–H and O–H groups in total. The van der Waals surface area contributed by atoms with E-state index < -0.39 is 35.1 Å². The molecule has 8 nitrogen and oxygen atoms in total. The average Bonchev–Trinajstić information content (AvgIpc) is 3.35. The summed E-state index contributed by atoms with van der Waals surface area (Å²) in [7, 11) is 0. The summed E-state index contributed by atoms with van der Waals surface area (Å²) in [6.45, 7) is 3.69. The van der Waals surface area contributed by atoms with Crippen molar-refractivity contribution < 1.29 is 27.2 Å². The van der Waals surface area contributed by atoms with Gasteiger partial charge in [-0.2, -0.15) is 13.2 Å². The molecule has 0 spiro atoms. The molecule has 2 amide bonds. The van der Waals surface area contributed by atoms with Gasteiger partial charge in [0.2, 0.25) is 0 Å². The fraction of sp³-hybridized carbons (Fsp3) is 0.103. The highest BCUT2D eigenvalue weighted by molar-refractivity contribution is 6.05.